The summed E-state index contributed by atoms with van der Waals surface area (Å²) in [5, 5.41) is 3.46. The van der Waals surface area contributed by atoms with Crippen LogP contribution in [-0.4, -0.2) is 0 Å². The highest BCUT2D eigenvalue weighted by atomic mass is 32.1. The Labute approximate surface area is 390 Å². The standard InChI is InChI=1S/C64H43NS/c1-6-20-44(21-7-1)52-32-19-34-58-61(52)54-38-36-51(43-59(54)64(58,48-27-12-4-13-28-48)49-29-14-5-15-30-49)65(60-35-18-22-45-40-41-66-62(45)60)50-37-39-57-55(42-50)53-31-16-17-33-56(53)63(57,46-23-8-2-9-24-46)47-25-10-3-11-26-47/h1-43H. The van der Waals surface area contributed by atoms with Gasteiger partial charge in [-0.05, 0) is 125 Å². The summed E-state index contributed by atoms with van der Waals surface area (Å²) in [5.74, 6) is 0. The van der Waals surface area contributed by atoms with Crippen LogP contribution in [0.3, 0.4) is 0 Å². The Morgan fingerprint density at radius 2 is 0.818 bits per heavy atom. The van der Waals surface area contributed by atoms with Crippen molar-refractivity contribution in [2.24, 2.45) is 0 Å². The molecular formula is C64H43NS. The van der Waals surface area contributed by atoms with Crippen LogP contribution in [0.1, 0.15) is 44.5 Å². The van der Waals surface area contributed by atoms with Crippen molar-refractivity contribution in [1.82, 2.24) is 0 Å². The zero-order valence-corrected chi connectivity index (χ0v) is 37.0. The van der Waals surface area contributed by atoms with Crippen LogP contribution in [0.5, 0.6) is 0 Å². The van der Waals surface area contributed by atoms with E-state index in [1.165, 1.54) is 88.0 Å². The molecule has 0 saturated carbocycles. The topological polar surface area (TPSA) is 3.24 Å². The number of rotatable bonds is 8. The third kappa shape index (κ3) is 5.52. The number of nitrogens with zero attached hydrogens (tertiary/aromatic N) is 1. The molecule has 1 nitrogen and oxygen atoms in total. The Morgan fingerprint density at radius 1 is 0.318 bits per heavy atom. The lowest BCUT2D eigenvalue weighted by atomic mass is 9.67. The highest BCUT2D eigenvalue weighted by molar-refractivity contribution is 7.17. The van der Waals surface area contributed by atoms with E-state index in [0.29, 0.717) is 0 Å². The first-order valence-electron chi connectivity index (χ1n) is 22.8. The van der Waals surface area contributed by atoms with Crippen LogP contribution in [-0.2, 0) is 10.8 Å². The Bertz CT molecular complexity index is 3500. The molecule has 0 amide bonds. The molecule has 0 radical (unpaired) electrons. The maximum absolute atomic E-state index is 2.52. The third-order valence-electron chi connectivity index (χ3n) is 14.3. The summed E-state index contributed by atoms with van der Waals surface area (Å²) in [6.07, 6.45) is 0. The van der Waals surface area contributed by atoms with Gasteiger partial charge in [-0.2, -0.15) is 0 Å². The molecular weight excluding hydrogens is 815 g/mol. The second-order valence-corrected chi connectivity index (χ2v) is 18.4. The van der Waals surface area contributed by atoms with Gasteiger partial charge < -0.3 is 4.90 Å². The number of benzene rings is 10. The van der Waals surface area contributed by atoms with E-state index in [1.807, 2.05) is 0 Å². The number of thiophene rings is 1. The van der Waals surface area contributed by atoms with E-state index >= 15 is 0 Å². The highest BCUT2D eigenvalue weighted by Crippen LogP contribution is 2.61. The first kappa shape index (κ1) is 38.4. The quantitative estimate of drug-likeness (QED) is 0.147. The molecule has 10 aromatic carbocycles. The lowest BCUT2D eigenvalue weighted by molar-refractivity contribution is 0.768. The Hall–Kier alpha value is -8.04. The van der Waals surface area contributed by atoms with E-state index < -0.39 is 10.8 Å². The average Bonchev–Trinajstić information content (AvgIpc) is 4.09. The van der Waals surface area contributed by atoms with Gasteiger partial charge in [0.15, 0.2) is 0 Å². The molecule has 13 rings (SSSR count). The summed E-state index contributed by atoms with van der Waals surface area (Å²) in [4.78, 5) is 2.52. The Balaban J connectivity index is 1.10. The lowest BCUT2D eigenvalue weighted by Crippen LogP contribution is -2.29. The van der Waals surface area contributed by atoms with Crippen LogP contribution >= 0.6 is 11.3 Å². The molecule has 0 spiro atoms. The Kier molecular flexibility index (Phi) is 8.91. The van der Waals surface area contributed by atoms with Gasteiger partial charge >= 0.3 is 0 Å². The minimum atomic E-state index is -0.587. The van der Waals surface area contributed by atoms with Gasteiger partial charge in [-0.3, -0.25) is 0 Å². The van der Waals surface area contributed by atoms with Gasteiger partial charge in [0, 0.05) is 11.4 Å². The first-order valence-corrected chi connectivity index (χ1v) is 23.7. The van der Waals surface area contributed by atoms with Gasteiger partial charge in [0.2, 0.25) is 0 Å². The molecule has 310 valence electrons. The molecule has 0 atom stereocenters. The van der Waals surface area contributed by atoms with Gasteiger partial charge in [-0.1, -0.05) is 218 Å². The van der Waals surface area contributed by atoms with Crippen molar-refractivity contribution in [2.45, 2.75) is 10.8 Å². The second kappa shape index (κ2) is 15.3. The van der Waals surface area contributed by atoms with Crippen molar-refractivity contribution >= 4 is 38.5 Å². The largest absolute Gasteiger partial charge is 0.309 e. The smallest absolute Gasteiger partial charge is 0.0714 e. The zero-order chi connectivity index (χ0) is 43.7. The van der Waals surface area contributed by atoms with Crippen molar-refractivity contribution in [2.75, 3.05) is 4.90 Å². The fourth-order valence-electron chi connectivity index (χ4n) is 11.7. The summed E-state index contributed by atoms with van der Waals surface area (Å²) in [5.41, 5.74) is 20.1. The van der Waals surface area contributed by atoms with Crippen molar-refractivity contribution in [3.8, 4) is 33.4 Å². The van der Waals surface area contributed by atoms with E-state index in [9.17, 15) is 0 Å². The van der Waals surface area contributed by atoms with E-state index in [0.717, 1.165) is 17.1 Å². The average molecular weight is 858 g/mol. The van der Waals surface area contributed by atoms with Crippen LogP contribution in [0.4, 0.5) is 17.1 Å². The summed E-state index contributed by atoms with van der Waals surface area (Å²) < 4.78 is 1.26. The predicted molar refractivity (Wildman–Crippen MR) is 277 cm³/mol. The van der Waals surface area contributed by atoms with Crippen LogP contribution in [0.15, 0.2) is 260 Å². The fourth-order valence-corrected chi connectivity index (χ4v) is 12.6. The molecule has 0 bridgehead atoms. The van der Waals surface area contributed by atoms with Crippen molar-refractivity contribution in [3.63, 3.8) is 0 Å². The molecule has 66 heavy (non-hydrogen) atoms. The number of fused-ring (bicyclic) bond motifs is 7. The van der Waals surface area contributed by atoms with Crippen LogP contribution in [0.2, 0.25) is 0 Å². The van der Waals surface area contributed by atoms with E-state index in [4.69, 9.17) is 0 Å². The monoisotopic (exact) mass is 857 g/mol. The summed E-state index contributed by atoms with van der Waals surface area (Å²) in [6, 6.07) is 94.9. The van der Waals surface area contributed by atoms with Crippen LogP contribution < -0.4 is 4.90 Å². The minimum absolute atomic E-state index is 0.480. The van der Waals surface area contributed by atoms with Crippen molar-refractivity contribution in [3.05, 3.63) is 305 Å². The molecule has 0 unspecified atom stereocenters. The molecule has 1 heterocycles. The molecule has 2 aliphatic carbocycles. The Morgan fingerprint density at radius 3 is 1.47 bits per heavy atom. The van der Waals surface area contributed by atoms with E-state index in [-0.39, 0.29) is 0 Å². The lowest BCUT2D eigenvalue weighted by Gasteiger charge is -2.35. The molecule has 0 aliphatic heterocycles. The van der Waals surface area contributed by atoms with Crippen molar-refractivity contribution < 1.29 is 0 Å². The third-order valence-corrected chi connectivity index (χ3v) is 15.3. The van der Waals surface area contributed by atoms with Gasteiger partial charge in [0.05, 0.1) is 21.2 Å². The normalized spacial score (nSPS) is 13.7. The fraction of sp³-hybridized carbons (Fsp3) is 0.0312. The zero-order valence-electron chi connectivity index (χ0n) is 36.2. The second-order valence-electron chi connectivity index (χ2n) is 17.5. The maximum Gasteiger partial charge on any atom is 0.0714 e. The van der Waals surface area contributed by atoms with Gasteiger partial charge in [-0.15, -0.1) is 11.3 Å². The molecule has 2 aliphatic rings. The molecule has 11 aromatic rings. The molecule has 0 N–H and O–H groups in total. The number of anilines is 3. The van der Waals surface area contributed by atoms with Crippen molar-refractivity contribution in [1.29, 1.82) is 0 Å². The molecule has 2 heteroatoms. The summed E-state index contributed by atoms with van der Waals surface area (Å²) in [7, 11) is 0. The van der Waals surface area contributed by atoms with Crippen LogP contribution in [0.25, 0.3) is 43.5 Å². The van der Waals surface area contributed by atoms with E-state index in [2.05, 4.69) is 265 Å². The van der Waals surface area contributed by atoms with Gasteiger partial charge in [0.25, 0.3) is 0 Å². The van der Waals surface area contributed by atoms with Gasteiger partial charge in [-0.25, -0.2) is 0 Å². The summed E-state index contributed by atoms with van der Waals surface area (Å²) >= 11 is 1.81. The minimum Gasteiger partial charge on any atom is -0.309 e. The number of hydrogen-bond acceptors (Lipinski definition) is 2. The van der Waals surface area contributed by atoms with E-state index in [1.54, 1.807) is 11.3 Å². The molecule has 0 saturated heterocycles. The molecule has 0 fully saturated rings. The molecule has 1 aromatic heterocycles. The van der Waals surface area contributed by atoms with Crippen LogP contribution in [0, 0.1) is 0 Å². The number of hydrogen-bond donors (Lipinski definition) is 0. The van der Waals surface area contributed by atoms with Gasteiger partial charge in [0.1, 0.15) is 0 Å². The maximum atomic E-state index is 2.52. The predicted octanol–water partition coefficient (Wildman–Crippen LogP) is 16.8. The highest BCUT2D eigenvalue weighted by Gasteiger charge is 2.48. The first-order chi connectivity index (χ1) is 32.8. The SMILES string of the molecule is c1ccc(-c2cccc3c2-c2ccc(N(c4ccc5c(c4)-c4ccccc4C5(c4ccccc4)c4ccccc4)c4cccc5ccsc45)cc2C3(c2ccccc2)c2ccccc2)cc1. The summed E-state index contributed by atoms with van der Waals surface area (Å²) in [6.45, 7) is 0.